The second-order valence-corrected chi connectivity index (χ2v) is 5.96. The summed E-state index contributed by atoms with van der Waals surface area (Å²) in [5, 5.41) is 11.9. The minimum Gasteiger partial charge on any atom is -0.478 e. The zero-order valence-electron chi connectivity index (χ0n) is 14.2. The number of amides is 1. The Bertz CT molecular complexity index is 1150. The van der Waals surface area contributed by atoms with Crippen LogP contribution in [0.4, 0.5) is 5.69 Å². The molecule has 0 bridgehead atoms. The molecule has 4 aromatic rings. The van der Waals surface area contributed by atoms with Crippen molar-refractivity contribution in [2.24, 2.45) is 0 Å². The van der Waals surface area contributed by atoms with E-state index in [0.717, 1.165) is 16.7 Å². The summed E-state index contributed by atoms with van der Waals surface area (Å²) in [5.74, 6) is -1.34. The van der Waals surface area contributed by atoms with E-state index in [1.165, 1.54) is 24.3 Å². The lowest BCUT2D eigenvalue weighted by Gasteiger charge is -2.12. The van der Waals surface area contributed by atoms with Gasteiger partial charge in [-0.1, -0.05) is 24.3 Å². The lowest BCUT2D eigenvalue weighted by molar-refractivity contribution is 0.0696. The summed E-state index contributed by atoms with van der Waals surface area (Å²) < 4.78 is 1.92. The molecule has 27 heavy (non-hydrogen) atoms. The lowest BCUT2D eigenvalue weighted by Crippen LogP contribution is -2.14. The number of nitrogens with zero attached hydrogens (tertiary/aromatic N) is 2. The predicted molar refractivity (Wildman–Crippen MR) is 102 cm³/mol. The number of aromatic carboxylic acids is 1. The molecule has 2 N–H and O–H groups in total. The Hall–Kier alpha value is -3.93. The van der Waals surface area contributed by atoms with Crippen LogP contribution in [0.2, 0.25) is 0 Å². The van der Waals surface area contributed by atoms with Crippen LogP contribution in [0.25, 0.3) is 16.7 Å². The number of anilines is 1. The van der Waals surface area contributed by atoms with Gasteiger partial charge in [-0.3, -0.25) is 9.36 Å². The largest absolute Gasteiger partial charge is 0.478 e. The van der Waals surface area contributed by atoms with E-state index in [1.54, 1.807) is 6.33 Å². The number of carbonyl (C=O) groups is 2. The van der Waals surface area contributed by atoms with Crippen molar-refractivity contribution in [2.75, 3.05) is 5.32 Å². The molecule has 0 saturated carbocycles. The van der Waals surface area contributed by atoms with Crippen molar-refractivity contribution in [2.45, 2.75) is 0 Å². The fraction of sp³-hybridized carbons (Fsp3) is 0. The van der Waals surface area contributed by atoms with E-state index in [-0.39, 0.29) is 11.5 Å². The number of rotatable bonds is 4. The van der Waals surface area contributed by atoms with Crippen LogP contribution >= 0.6 is 0 Å². The first-order valence-electron chi connectivity index (χ1n) is 8.30. The van der Waals surface area contributed by atoms with Crippen molar-refractivity contribution in [3.63, 3.8) is 0 Å². The van der Waals surface area contributed by atoms with E-state index in [2.05, 4.69) is 10.3 Å². The minimum absolute atomic E-state index is 0.136. The van der Waals surface area contributed by atoms with E-state index in [9.17, 15) is 9.59 Å². The number of carboxylic acid groups (broad SMARTS) is 1. The molecule has 0 spiro atoms. The van der Waals surface area contributed by atoms with Gasteiger partial charge in [-0.25, -0.2) is 9.78 Å². The summed E-state index contributed by atoms with van der Waals surface area (Å²) in [6.07, 6.45) is 1.72. The number of hydrogen-bond donors (Lipinski definition) is 2. The van der Waals surface area contributed by atoms with Crippen LogP contribution in [0.3, 0.4) is 0 Å². The molecule has 6 heteroatoms. The van der Waals surface area contributed by atoms with Crippen molar-refractivity contribution in [1.82, 2.24) is 9.55 Å². The fourth-order valence-electron chi connectivity index (χ4n) is 2.90. The summed E-state index contributed by atoms with van der Waals surface area (Å²) in [6, 6.07) is 21.0. The third-order valence-corrected chi connectivity index (χ3v) is 4.26. The molecule has 1 amide bonds. The summed E-state index contributed by atoms with van der Waals surface area (Å²) in [5.41, 5.74) is 3.74. The molecule has 0 aliphatic heterocycles. The average Bonchev–Trinajstić information content (AvgIpc) is 3.12. The Morgan fingerprint density at radius 1 is 0.852 bits per heavy atom. The Morgan fingerprint density at radius 3 is 2.30 bits per heavy atom. The number of benzene rings is 3. The van der Waals surface area contributed by atoms with Gasteiger partial charge in [0.25, 0.3) is 5.91 Å². The Morgan fingerprint density at radius 2 is 1.52 bits per heavy atom. The van der Waals surface area contributed by atoms with Crippen molar-refractivity contribution >= 4 is 28.6 Å². The monoisotopic (exact) mass is 357 g/mol. The van der Waals surface area contributed by atoms with E-state index < -0.39 is 5.97 Å². The van der Waals surface area contributed by atoms with Gasteiger partial charge in [0.1, 0.15) is 6.33 Å². The summed E-state index contributed by atoms with van der Waals surface area (Å²) in [7, 11) is 0. The number of hydrogen-bond acceptors (Lipinski definition) is 3. The summed E-state index contributed by atoms with van der Waals surface area (Å²) in [4.78, 5) is 27.9. The van der Waals surface area contributed by atoms with Crippen molar-refractivity contribution < 1.29 is 14.7 Å². The molecule has 0 saturated heterocycles. The highest BCUT2D eigenvalue weighted by Crippen LogP contribution is 2.25. The fourth-order valence-corrected chi connectivity index (χ4v) is 2.90. The van der Waals surface area contributed by atoms with Crippen LogP contribution in [0, 0.1) is 0 Å². The standard InChI is InChI=1S/C21H15N3O3/c25-20(14-9-11-15(12-10-14)21(26)27)23-17-6-2-4-8-19(17)24-13-22-16-5-1-3-7-18(16)24/h1-13H,(H,23,25)(H,26,27). The minimum atomic E-state index is -1.03. The van der Waals surface area contributed by atoms with Crippen LogP contribution in [0.15, 0.2) is 79.1 Å². The topological polar surface area (TPSA) is 84.2 Å². The normalized spacial score (nSPS) is 10.7. The van der Waals surface area contributed by atoms with E-state index in [4.69, 9.17) is 5.11 Å². The molecule has 6 nitrogen and oxygen atoms in total. The molecule has 0 aliphatic carbocycles. The molecule has 3 aromatic carbocycles. The summed E-state index contributed by atoms with van der Waals surface area (Å²) in [6.45, 7) is 0. The molecule has 0 fully saturated rings. The number of imidazole rings is 1. The van der Waals surface area contributed by atoms with Gasteiger partial charge in [-0.05, 0) is 48.5 Å². The van der Waals surface area contributed by atoms with Gasteiger partial charge < -0.3 is 10.4 Å². The van der Waals surface area contributed by atoms with Crippen LogP contribution in [0.1, 0.15) is 20.7 Å². The molecular weight excluding hydrogens is 342 g/mol. The van der Waals surface area contributed by atoms with E-state index in [1.807, 2.05) is 53.1 Å². The molecule has 132 valence electrons. The third kappa shape index (κ3) is 3.16. The predicted octanol–water partition coefficient (Wildman–Crippen LogP) is 3.98. The first-order valence-corrected chi connectivity index (χ1v) is 8.30. The molecule has 0 unspecified atom stereocenters. The summed E-state index contributed by atoms with van der Waals surface area (Å²) >= 11 is 0. The van der Waals surface area contributed by atoms with Crippen molar-refractivity contribution in [3.05, 3.63) is 90.3 Å². The lowest BCUT2D eigenvalue weighted by atomic mass is 10.1. The average molecular weight is 357 g/mol. The van der Waals surface area contributed by atoms with Gasteiger partial charge in [-0.15, -0.1) is 0 Å². The highest BCUT2D eigenvalue weighted by molar-refractivity contribution is 6.06. The van der Waals surface area contributed by atoms with Crippen LogP contribution < -0.4 is 5.32 Å². The van der Waals surface area contributed by atoms with Crippen LogP contribution in [0.5, 0.6) is 0 Å². The number of aromatic nitrogens is 2. The molecular formula is C21H15N3O3. The quantitative estimate of drug-likeness (QED) is 0.579. The number of fused-ring (bicyclic) bond motifs is 1. The zero-order valence-corrected chi connectivity index (χ0v) is 14.2. The highest BCUT2D eigenvalue weighted by atomic mass is 16.4. The van der Waals surface area contributed by atoms with E-state index in [0.29, 0.717) is 11.3 Å². The smallest absolute Gasteiger partial charge is 0.335 e. The number of carboxylic acids is 1. The number of para-hydroxylation sites is 4. The Balaban J connectivity index is 1.67. The van der Waals surface area contributed by atoms with Gasteiger partial charge >= 0.3 is 5.97 Å². The van der Waals surface area contributed by atoms with Crippen LogP contribution in [-0.4, -0.2) is 26.5 Å². The van der Waals surface area contributed by atoms with Crippen molar-refractivity contribution in [3.8, 4) is 5.69 Å². The second kappa shape index (κ2) is 6.76. The maximum atomic E-state index is 12.6. The molecule has 0 aliphatic rings. The SMILES string of the molecule is O=C(O)c1ccc(C(=O)Nc2ccccc2-n2cnc3ccccc32)cc1. The zero-order chi connectivity index (χ0) is 18.8. The number of nitrogens with one attached hydrogen (secondary N) is 1. The first kappa shape index (κ1) is 16.5. The first-order chi connectivity index (χ1) is 13.1. The maximum absolute atomic E-state index is 12.6. The molecule has 0 atom stereocenters. The molecule has 4 rings (SSSR count). The van der Waals surface area contributed by atoms with Crippen molar-refractivity contribution in [1.29, 1.82) is 0 Å². The third-order valence-electron chi connectivity index (χ3n) is 4.26. The van der Waals surface area contributed by atoms with Gasteiger partial charge in [0.2, 0.25) is 0 Å². The van der Waals surface area contributed by atoms with Crippen LogP contribution in [-0.2, 0) is 0 Å². The molecule has 0 radical (unpaired) electrons. The molecule has 1 aromatic heterocycles. The van der Waals surface area contributed by atoms with Gasteiger partial charge in [0.15, 0.2) is 0 Å². The highest BCUT2D eigenvalue weighted by Gasteiger charge is 2.13. The Kier molecular flexibility index (Phi) is 4.14. The molecule has 1 heterocycles. The number of carbonyl (C=O) groups excluding carboxylic acids is 1. The maximum Gasteiger partial charge on any atom is 0.335 e. The Labute approximate surface area is 154 Å². The van der Waals surface area contributed by atoms with Gasteiger partial charge in [0, 0.05) is 5.56 Å². The second-order valence-electron chi connectivity index (χ2n) is 5.96. The van der Waals surface area contributed by atoms with Gasteiger partial charge in [0.05, 0.1) is 28.0 Å². The van der Waals surface area contributed by atoms with E-state index >= 15 is 0 Å². The van der Waals surface area contributed by atoms with Gasteiger partial charge in [-0.2, -0.15) is 0 Å².